The highest BCUT2D eigenvalue weighted by atomic mass is 31.3. The minimum Gasteiger partial charge on any atom is -0.370 e. The molecule has 0 aromatic heterocycles. The normalized spacial score (nSPS) is 26.1. The van der Waals surface area contributed by atoms with Crippen molar-refractivity contribution in [3.05, 3.63) is 0 Å². The van der Waals surface area contributed by atoms with Crippen molar-refractivity contribution in [1.29, 1.82) is 0 Å². The van der Waals surface area contributed by atoms with Gasteiger partial charge in [-0.2, -0.15) is 4.31 Å². The predicted molar refractivity (Wildman–Crippen MR) is 66.3 cm³/mol. The van der Waals surface area contributed by atoms with Gasteiger partial charge in [-0.05, 0) is 19.8 Å². The van der Waals surface area contributed by atoms with Crippen molar-refractivity contribution in [3.63, 3.8) is 0 Å². The van der Waals surface area contributed by atoms with Crippen LogP contribution < -0.4 is 0 Å². The van der Waals surface area contributed by atoms with Gasteiger partial charge in [0.05, 0.1) is 18.8 Å². The van der Waals surface area contributed by atoms with Crippen molar-refractivity contribution in [2.75, 3.05) is 13.2 Å². The molecule has 0 radical (unpaired) electrons. The molecule has 0 aliphatic carbocycles. The van der Waals surface area contributed by atoms with Crippen LogP contribution in [-0.2, 0) is 22.7 Å². The number of epoxide rings is 1. The Morgan fingerprint density at radius 3 is 2.26 bits per heavy atom. The van der Waals surface area contributed by atoms with Crippen molar-refractivity contribution >= 4 is 15.6 Å². The fraction of sp³-hybridized carbons (Fsp3) is 1.00. The number of hydrogen-bond donors (Lipinski definition) is 3. The van der Waals surface area contributed by atoms with Gasteiger partial charge in [-0.25, -0.2) is 9.13 Å². The molecule has 19 heavy (non-hydrogen) atoms. The molecule has 10 heteroatoms. The second-order valence-corrected chi connectivity index (χ2v) is 7.61. The Morgan fingerprint density at radius 1 is 1.16 bits per heavy atom. The summed E-state index contributed by atoms with van der Waals surface area (Å²) in [6.45, 7) is 2.78. The number of unbranched alkanes of at least 4 members (excludes halogenated alkanes) is 3. The number of phosphoric acid groups is 2. The van der Waals surface area contributed by atoms with Gasteiger partial charge >= 0.3 is 15.6 Å². The summed E-state index contributed by atoms with van der Waals surface area (Å²) in [6.07, 6.45) is 4.26. The molecule has 114 valence electrons. The van der Waals surface area contributed by atoms with E-state index < -0.39 is 15.6 Å². The Kier molecular flexibility index (Phi) is 6.17. The molecule has 2 unspecified atom stereocenters. The molecule has 1 heterocycles. The fourth-order valence-corrected chi connectivity index (χ4v) is 3.18. The molecular formula is C9H20O8P2. The minimum absolute atomic E-state index is 0.0502. The van der Waals surface area contributed by atoms with Crippen molar-refractivity contribution in [1.82, 2.24) is 0 Å². The van der Waals surface area contributed by atoms with E-state index in [2.05, 4.69) is 15.8 Å². The van der Waals surface area contributed by atoms with Gasteiger partial charge in [-0.1, -0.05) is 19.3 Å². The third kappa shape index (κ3) is 8.89. The summed E-state index contributed by atoms with van der Waals surface area (Å²) >= 11 is 0. The van der Waals surface area contributed by atoms with Crippen LogP contribution in [0.15, 0.2) is 0 Å². The zero-order chi connectivity index (χ0) is 14.6. The first kappa shape index (κ1) is 17.3. The molecule has 1 fully saturated rings. The summed E-state index contributed by atoms with van der Waals surface area (Å²) in [4.78, 5) is 25.7. The van der Waals surface area contributed by atoms with Gasteiger partial charge < -0.3 is 19.4 Å². The Bertz CT molecular complexity index is 374. The molecule has 8 nitrogen and oxygen atoms in total. The van der Waals surface area contributed by atoms with E-state index in [0.717, 1.165) is 32.3 Å². The zero-order valence-electron chi connectivity index (χ0n) is 10.7. The Balaban J connectivity index is 2.00. The second kappa shape index (κ2) is 6.78. The van der Waals surface area contributed by atoms with Gasteiger partial charge in [-0.3, -0.25) is 4.52 Å². The summed E-state index contributed by atoms with van der Waals surface area (Å²) in [6, 6.07) is 0. The van der Waals surface area contributed by atoms with Crippen LogP contribution in [0.3, 0.4) is 0 Å². The first-order chi connectivity index (χ1) is 8.62. The molecule has 1 aliphatic heterocycles. The molecule has 0 aromatic carbocycles. The molecule has 1 rings (SSSR count). The van der Waals surface area contributed by atoms with E-state index in [4.69, 9.17) is 19.4 Å². The lowest BCUT2D eigenvalue weighted by Gasteiger charge is -2.12. The first-order valence-electron chi connectivity index (χ1n) is 6.00. The Morgan fingerprint density at radius 2 is 1.74 bits per heavy atom. The summed E-state index contributed by atoms with van der Waals surface area (Å²) in [5.41, 5.74) is 0.0502. The maximum Gasteiger partial charge on any atom is 0.481 e. The molecule has 0 spiro atoms. The van der Waals surface area contributed by atoms with E-state index >= 15 is 0 Å². The molecule has 0 amide bonds. The average molecular weight is 318 g/mol. The molecular weight excluding hydrogens is 298 g/mol. The van der Waals surface area contributed by atoms with Crippen molar-refractivity contribution in [2.24, 2.45) is 0 Å². The van der Waals surface area contributed by atoms with Crippen molar-refractivity contribution in [2.45, 2.75) is 44.6 Å². The van der Waals surface area contributed by atoms with Crippen LogP contribution in [0.25, 0.3) is 0 Å². The highest BCUT2D eigenvalue weighted by molar-refractivity contribution is 7.60. The van der Waals surface area contributed by atoms with Gasteiger partial charge in [0, 0.05) is 0 Å². The molecule has 1 saturated heterocycles. The highest BCUT2D eigenvalue weighted by Gasteiger charge is 2.38. The largest absolute Gasteiger partial charge is 0.481 e. The van der Waals surface area contributed by atoms with Crippen LogP contribution in [-0.4, -0.2) is 33.5 Å². The SMILES string of the molecule is CC1(CCCCCCOP(=O)(O)OP(=O)(O)O)CO1. The van der Waals surface area contributed by atoms with Gasteiger partial charge in [0.1, 0.15) is 0 Å². The predicted octanol–water partition coefficient (Wildman–Crippen LogP) is 1.95. The molecule has 1 aliphatic rings. The fourth-order valence-electron chi connectivity index (χ4n) is 1.56. The third-order valence-electron chi connectivity index (χ3n) is 2.70. The van der Waals surface area contributed by atoms with Crippen LogP contribution >= 0.6 is 15.6 Å². The van der Waals surface area contributed by atoms with Gasteiger partial charge in [-0.15, -0.1) is 0 Å². The van der Waals surface area contributed by atoms with Crippen LogP contribution in [0.4, 0.5) is 0 Å². The lowest BCUT2D eigenvalue weighted by atomic mass is 10.0. The van der Waals surface area contributed by atoms with Crippen molar-refractivity contribution in [3.8, 4) is 0 Å². The second-order valence-electron chi connectivity index (χ2n) is 4.78. The quantitative estimate of drug-likeness (QED) is 0.317. The maximum atomic E-state index is 11.1. The van der Waals surface area contributed by atoms with Crippen LogP contribution in [0.2, 0.25) is 0 Å². The lowest BCUT2D eigenvalue weighted by molar-refractivity contribution is 0.175. The van der Waals surface area contributed by atoms with Crippen LogP contribution in [0, 0.1) is 0 Å². The summed E-state index contributed by atoms with van der Waals surface area (Å²) in [5.74, 6) is 0. The van der Waals surface area contributed by atoms with Gasteiger partial charge in [0.25, 0.3) is 0 Å². The first-order valence-corrected chi connectivity index (χ1v) is 9.03. The number of rotatable bonds is 10. The van der Waals surface area contributed by atoms with E-state index in [1.807, 2.05) is 0 Å². The van der Waals surface area contributed by atoms with E-state index in [1.165, 1.54) is 0 Å². The van der Waals surface area contributed by atoms with E-state index in [-0.39, 0.29) is 12.2 Å². The highest BCUT2D eigenvalue weighted by Crippen LogP contribution is 2.57. The molecule has 0 bridgehead atoms. The topological polar surface area (TPSA) is 126 Å². The van der Waals surface area contributed by atoms with E-state index in [1.54, 1.807) is 0 Å². The van der Waals surface area contributed by atoms with Crippen LogP contribution in [0.1, 0.15) is 39.0 Å². The number of hydrogen-bond acceptors (Lipinski definition) is 5. The lowest BCUT2D eigenvalue weighted by Crippen LogP contribution is -2.03. The maximum absolute atomic E-state index is 11.1. The Hall–Kier alpha value is 0.220. The monoisotopic (exact) mass is 318 g/mol. The molecule has 3 N–H and O–H groups in total. The number of phosphoric ester groups is 1. The van der Waals surface area contributed by atoms with E-state index in [9.17, 15) is 9.13 Å². The number of ether oxygens (including phenoxy) is 1. The smallest absolute Gasteiger partial charge is 0.370 e. The Labute approximate surface area is 111 Å². The van der Waals surface area contributed by atoms with Crippen LogP contribution in [0.5, 0.6) is 0 Å². The molecule has 0 aromatic rings. The average Bonchev–Trinajstić information content (AvgIpc) is 2.91. The zero-order valence-corrected chi connectivity index (χ0v) is 12.5. The van der Waals surface area contributed by atoms with Crippen molar-refractivity contribution < 1.29 is 37.4 Å². The van der Waals surface area contributed by atoms with Gasteiger partial charge in [0.15, 0.2) is 0 Å². The standard InChI is InChI=1S/C9H20O8P2/c1-9(8-15-9)6-4-2-3-5-7-16-19(13,14)17-18(10,11)12/h2-8H2,1H3,(H,13,14)(H2,10,11,12). The molecule has 2 atom stereocenters. The summed E-state index contributed by atoms with van der Waals surface area (Å²) in [7, 11) is -9.69. The molecule has 0 saturated carbocycles. The third-order valence-corrected chi connectivity index (χ3v) is 4.89. The summed E-state index contributed by atoms with van der Waals surface area (Å²) in [5, 5.41) is 0. The van der Waals surface area contributed by atoms with Gasteiger partial charge in [0.2, 0.25) is 0 Å². The minimum atomic E-state index is -5.02. The van der Waals surface area contributed by atoms with E-state index in [0.29, 0.717) is 6.42 Å². The summed E-state index contributed by atoms with van der Waals surface area (Å²) < 4.78 is 34.7.